The number of pyridine rings is 1. The van der Waals surface area contributed by atoms with Crippen molar-refractivity contribution in [2.45, 2.75) is 6.10 Å². The Balaban J connectivity index is 2.33. The van der Waals surface area contributed by atoms with Crippen molar-refractivity contribution in [3.8, 4) is 0 Å². The topological polar surface area (TPSA) is 98.1 Å². The van der Waals surface area contributed by atoms with E-state index < -0.39 is 24.0 Å². The first kappa shape index (κ1) is 12.0. The molecule has 2 atom stereocenters. The zero-order valence-electron chi connectivity index (χ0n) is 9.44. The number of carbonyl (C=O) groups is 2. The van der Waals surface area contributed by atoms with Crippen LogP contribution in [-0.2, 0) is 19.2 Å². The average molecular weight is 250 g/mol. The molecule has 1 N–H and O–H groups in total. The van der Waals surface area contributed by atoms with Crippen LogP contribution in [0.2, 0.25) is 0 Å². The molecule has 0 saturated carbocycles. The highest BCUT2D eigenvalue weighted by molar-refractivity contribution is 6.14. The van der Waals surface area contributed by atoms with Crippen LogP contribution >= 0.6 is 0 Å². The van der Waals surface area contributed by atoms with Crippen molar-refractivity contribution in [3.05, 3.63) is 30.1 Å². The maximum absolute atomic E-state index is 11.4. The van der Waals surface area contributed by atoms with Crippen molar-refractivity contribution in [3.63, 3.8) is 0 Å². The Bertz CT molecular complexity index is 499. The fourth-order valence-corrected chi connectivity index (χ4v) is 1.66. The van der Waals surface area contributed by atoms with Crippen molar-refractivity contribution in [2.75, 3.05) is 7.11 Å². The lowest BCUT2D eigenvalue weighted by Gasteiger charge is -2.12. The third-order valence-corrected chi connectivity index (χ3v) is 2.52. The first-order chi connectivity index (χ1) is 8.65. The summed E-state index contributed by atoms with van der Waals surface area (Å²) in [5, 5.41) is 12.8. The molecule has 0 fully saturated rings. The van der Waals surface area contributed by atoms with Gasteiger partial charge in [-0.15, -0.1) is 0 Å². The summed E-state index contributed by atoms with van der Waals surface area (Å²) in [6.07, 6.45) is 1.74. The third kappa shape index (κ3) is 2.02. The number of esters is 1. The molecular weight excluding hydrogens is 240 g/mol. The van der Waals surface area contributed by atoms with Crippen LogP contribution in [0.1, 0.15) is 5.56 Å². The minimum absolute atomic E-state index is 0.158. The second-order valence-corrected chi connectivity index (χ2v) is 3.58. The molecule has 94 valence electrons. The van der Waals surface area contributed by atoms with Gasteiger partial charge in [0.05, 0.1) is 7.11 Å². The summed E-state index contributed by atoms with van der Waals surface area (Å²) in [5.74, 6) is -3.17. The number of carboxylic acids is 1. The minimum atomic E-state index is -1.26. The Kier molecular flexibility index (Phi) is 3.22. The number of hydrogen-bond donors (Lipinski definition) is 1. The lowest BCUT2D eigenvalue weighted by Crippen LogP contribution is -2.37. The van der Waals surface area contributed by atoms with Crippen molar-refractivity contribution in [1.29, 1.82) is 0 Å². The van der Waals surface area contributed by atoms with Crippen LogP contribution in [-0.4, -0.2) is 41.0 Å². The molecule has 0 bridgehead atoms. The highest BCUT2D eigenvalue weighted by Crippen LogP contribution is 2.24. The monoisotopic (exact) mass is 250 g/mol. The summed E-state index contributed by atoms with van der Waals surface area (Å²) in [4.78, 5) is 31.4. The van der Waals surface area contributed by atoms with E-state index in [0.29, 0.717) is 5.56 Å². The van der Waals surface area contributed by atoms with Crippen molar-refractivity contribution in [1.82, 2.24) is 4.98 Å². The quantitative estimate of drug-likeness (QED) is 0.761. The Hall–Kier alpha value is -2.44. The second-order valence-electron chi connectivity index (χ2n) is 3.58. The van der Waals surface area contributed by atoms with Crippen LogP contribution in [0.3, 0.4) is 0 Å². The molecule has 0 amide bonds. The predicted molar refractivity (Wildman–Crippen MR) is 58.8 cm³/mol. The Labute approximate surface area is 102 Å². The van der Waals surface area contributed by atoms with Gasteiger partial charge in [0.1, 0.15) is 5.71 Å². The van der Waals surface area contributed by atoms with Crippen molar-refractivity contribution < 1.29 is 24.3 Å². The zero-order valence-corrected chi connectivity index (χ0v) is 9.44. The van der Waals surface area contributed by atoms with E-state index in [9.17, 15) is 14.7 Å². The van der Waals surface area contributed by atoms with Gasteiger partial charge < -0.3 is 14.7 Å². The molecule has 0 radical (unpaired) electrons. The van der Waals surface area contributed by atoms with Crippen LogP contribution in [0, 0.1) is 5.92 Å². The van der Waals surface area contributed by atoms with E-state index >= 15 is 0 Å². The van der Waals surface area contributed by atoms with Gasteiger partial charge in [0, 0.05) is 18.0 Å². The summed E-state index contributed by atoms with van der Waals surface area (Å²) < 4.78 is 4.48. The molecule has 1 aliphatic heterocycles. The van der Waals surface area contributed by atoms with Gasteiger partial charge >= 0.3 is 11.9 Å². The highest BCUT2D eigenvalue weighted by atomic mass is 16.7. The number of aromatic nitrogens is 1. The normalized spacial score (nSPS) is 21.9. The molecule has 2 heterocycles. The van der Waals surface area contributed by atoms with Gasteiger partial charge in [-0.25, -0.2) is 4.79 Å². The SMILES string of the molecule is COC(=O)C1ON=C(c2cccnc2)C1C(=O)O. The molecule has 18 heavy (non-hydrogen) atoms. The number of carbonyl (C=O) groups excluding carboxylic acids is 1. The van der Waals surface area contributed by atoms with Crippen molar-refractivity contribution >= 4 is 17.7 Å². The van der Waals surface area contributed by atoms with Gasteiger partial charge in [-0.2, -0.15) is 0 Å². The van der Waals surface area contributed by atoms with Gasteiger partial charge in [-0.3, -0.25) is 9.78 Å². The van der Waals surface area contributed by atoms with Crippen LogP contribution in [0.15, 0.2) is 29.7 Å². The molecule has 1 aromatic rings. The number of rotatable bonds is 3. The number of nitrogens with zero attached hydrogens (tertiary/aromatic N) is 2. The molecule has 1 aliphatic rings. The average Bonchev–Trinajstić information content (AvgIpc) is 2.83. The molecule has 2 rings (SSSR count). The summed E-state index contributed by atoms with van der Waals surface area (Å²) in [5.41, 5.74) is 0.655. The van der Waals surface area contributed by atoms with E-state index in [1.165, 1.54) is 6.20 Å². The second kappa shape index (κ2) is 4.82. The van der Waals surface area contributed by atoms with Crippen LogP contribution in [0.25, 0.3) is 0 Å². The smallest absolute Gasteiger partial charge is 0.351 e. The molecule has 0 aromatic carbocycles. The Morgan fingerprint density at radius 3 is 2.83 bits per heavy atom. The fraction of sp³-hybridized carbons (Fsp3) is 0.273. The molecular formula is C11H10N2O5. The van der Waals surface area contributed by atoms with Gasteiger partial charge in [0.25, 0.3) is 0 Å². The van der Waals surface area contributed by atoms with E-state index in [2.05, 4.69) is 14.9 Å². The lowest BCUT2D eigenvalue weighted by molar-refractivity contribution is -0.160. The molecule has 0 spiro atoms. The Morgan fingerprint density at radius 1 is 1.50 bits per heavy atom. The number of aliphatic carboxylic acids is 1. The number of carboxylic acid groups (broad SMARTS) is 1. The van der Waals surface area contributed by atoms with E-state index in [0.717, 1.165) is 7.11 Å². The van der Waals surface area contributed by atoms with E-state index in [4.69, 9.17) is 4.84 Å². The lowest BCUT2D eigenvalue weighted by atomic mass is 9.93. The largest absolute Gasteiger partial charge is 0.481 e. The van der Waals surface area contributed by atoms with E-state index in [1.807, 2.05) is 0 Å². The van der Waals surface area contributed by atoms with Gasteiger partial charge in [0.2, 0.25) is 6.10 Å². The zero-order chi connectivity index (χ0) is 13.1. The molecule has 7 nitrogen and oxygen atoms in total. The van der Waals surface area contributed by atoms with Gasteiger partial charge in [-0.05, 0) is 12.1 Å². The standard InChI is InChI=1S/C11H10N2O5/c1-17-11(16)9-7(10(14)15)8(13-18-9)6-3-2-4-12-5-6/h2-5,7,9H,1H3,(H,14,15). The first-order valence-electron chi connectivity index (χ1n) is 5.10. The summed E-state index contributed by atoms with van der Waals surface area (Å²) in [7, 11) is 1.16. The third-order valence-electron chi connectivity index (χ3n) is 2.52. The van der Waals surface area contributed by atoms with Crippen molar-refractivity contribution in [2.24, 2.45) is 11.1 Å². The summed E-state index contributed by atoms with van der Waals surface area (Å²) >= 11 is 0. The minimum Gasteiger partial charge on any atom is -0.481 e. The predicted octanol–water partition coefficient (Wildman–Crippen LogP) is 0.0583. The fourth-order valence-electron chi connectivity index (χ4n) is 1.66. The molecule has 7 heteroatoms. The summed E-state index contributed by atoms with van der Waals surface area (Å²) in [6.45, 7) is 0. The maximum atomic E-state index is 11.4. The number of oxime groups is 1. The first-order valence-corrected chi connectivity index (χ1v) is 5.10. The van der Waals surface area contributed by atoms with Gasteiger partial charge in [0.15, 0.2) is 5.92 Å². The maximum Gasteiger partial charge on any atom is 0.351 e. The van der Waals surface area contributed by atoms with Crippen LogP contribution in [0.4, 0.5) is 0 Å². The number of hydrogen-bond acceptors (Lipinski definition) is 6. The van der Waals surface area contributed by atoms with Crippen LogP contribution in [0.5, 0.6) is 0 Å². The van der Waals surface area contributed by atoms with Crippen LogP contribution < -0.4 is 0 Å². The molecule has 0 saturated heterocycles. The molecule has 1 aromatic heterocycles. The van der Waals surface area contributed by atoms with E-state index in [-0.39, 0.29) is 5.71 Å². The highest BCUT2D eigenvalue weighted by Gasteiger charge is 2.45. The van der Waals surface area contributed by atoms with E-state index in [1.54, 1.807) is 18.3 Å². The molecule has 0 aliphatic carbocycles. The molecule has 2 unspecified atom stereocenters. The number of methoxy groups -OCH3 is 1. The van der Waals surface area contributed by atoms with Gasteiger partial charge in [-0.1, -0.05) is 5.16 Å². The summed E-state index contributed by atoms with van der Waals surface area (Å²) in [6, 6.07) is 3.28. The Morgan fingerprint density at radius 2 is 2.28 bits per heavy atom. The number of ether oxygens (including phenoxy) is 1.